The summed E-state index contributed by atoms with van der Waals surface area (Å²) in [6.45, 7) is 1.59. The van der Waals surface area contributed by atoms with Crippen LogP contribution in [0, 0.1) is 5.82 Å². The smallest absolute Gasteiger partial charge is 0.534 e. The van der Waals surface area contributed by atoms with Gasteiger partial charge in [0.05, 0.1) is 17.1 Å². The van der Waals surface area contributed by atoms with Crippen LogP contribution in [-0.4, -0.2) is 98.4 Å². The summed E-state index contributed by atoms with van der Waals surface area (Å²) in [5.74, 6) is -9.03. The molecule has 4 rings (SSSR count). The Morgan fingerprint density at radius 1 is 1.17 bits per heavy atom. The highest BCUT2D eigenvalue weighted by Gasteiger charge is 2.42. The molecule has 15 nitrogen and oxygen atoms in total. The first-order valence-corrected chi connectivity index (χ1v) is 12.7. The van der Waals surface area contributed by atoms with Gasteiger partial charge < -0.3 is 35.4 Å². The van der Waals surface area contributed by atoms with Crippen molar-refractivity contribution >= 4 is 54.4 Å². The third-order valence-electron chi connectivity index (χ3n) is 6.60. The zero-order valence-corrected chi connectivity index (χ0v) is 22.4. The number of amides is 5. The molecule has 1 fully saturated rings. The number of carbonyl (C=O) groups excluding carboxylic acids is 4. The first-order chi connectivity index (χ1) is 19.8. The number of benzene rings is 1. The summed E-state index contributed by atoms with van der Waals surface area (Å²) in [4.78, 5) is 79.6. The molecule has 1 unspecified atom stereocenters. The van der Waals surface area contributed by atoms with Gasteiger partial charge in [-0.25, -0.2) is 23.8 Å². The molecule has 0 radical (unpaired) electrons. The lowest BCUT2D eigenvalue weighted by atomic mass is 9.72. The molecule has 5 amide bonds. The quantitative estimate of drug-likeness (QED) is 0.159. The molecule has 18 heteroatoms. The van der Waals surface area contributed by atoms with Gasteiger partial charge in [0.2, 0.25) is 5.91 Å². The summed E-state index contributed by atoms with van der Waals surface area (Å²) < 4.78 is 20.4. The fourth-order valence-electron chi connectivity index (χ4n) is 4.44. The minimum atomic E-state index is -2.05. The number of carboxylic acid groups (broad SMARTS) is 2. The van der Waals surface area contributed by atoms with Crippen LogP contribution >= 0.6 is 11.6 Å². The maximum Gasteiger partial charge on any atom is 0.547 e. The molecule has 3 heterocycles. The molecule has 5 N–H and O–H groups in total. The van der Waals surface area contributed by atoms with Gasteiger partial charge in [0, 0.05) is 19.6 Å². The van der Waals surface area contributed by atoms with Crippen molar-refractivity contribution in [3.63, 3.8) is 0 Å². The number of aromatic carboxylic acids is 2. The van der Waals surface area contributed by atoms with Crippen molar-refractivity contribution in [1.29, 1.82) is 0 Å². The number of urea groups is 1. The van der Waals surface area contributed by atoms with Crippen LogP contribution in [0.15, 0.2) is 24.3 Å². The second-order valence-electron chi connectivity index (χ2n) is 9.15. The van der Waals surface area contributed by atoms with Gasteiger partial charge in [0.15, 0.2) is 6.04 Å². The monoisotopic (exact) mass is 605 g/mol. The van der Waals surface area contributed by atoms with E-state index < -0.39 is 77.0 Å². The molecule has 2 aliphatic heterocycles. The molecule has 42 heavy (non-hydrogen) atoms. The van der Waals surface area contributed by atoms with Crippen molar-refractivity contribution in [2.24, 2.45) is 0 Å². The van der Waals surface area contributed by atoms with Crippen molar-refractivity contribution in [3.05, 3.63) is 57.6 Å². The number of piperazine rings is 1. The second-order valence-corrected chi connectivity index (χ2v) is 9.51. The fourth-order valence-corrected chi connectivity index (χ4v) is 4.67. The van der Waals surface area contributed by atoms with E-state index in [0.717, 1.165) is 0 Å². The van der Waals surface area contributed by atoms with Gasteiger partial charge in [-0.1, -0.05) is 23.7 Å². The van der Waals surface area contributed by atoms with Crippen LogP contribution in [0.4, 0.5) is 9.18 Å². The number of para-hydroxylation sites is 1. The molecular weight excluding hydrogens is 584 g/mol. The maximum atomic E-state index is 15.1. The zero-order chi connectivity index (χ0) is 30.9. The number of hydrogen-bond acceptors (Lipinski definition) is 9. The van der Waals surface area contributed by atoms with Crippen LogP contribution in [0.5, 0.6) is 5.75 Å². The molecule has 2 aliphatic rings. The van der Waals surface area contributed by atoms with E-state index in [-0.39, 0.29) is 37.4 Å². The Bertz CT molecular complexity index is 1510. The normalized spacial score (nSPS) is 17.2. The number of pyridine rings is 1. The highest BCUT2D eigenvalue weighted by Crippen LogP contribution is 2.30. The highest BCUT2D eigenvalue weighted by atomic mass is 35.5. The summed E-state index contributed by atoms with van der Waals surface area (Å²) in [6.07, 6.45) is -0.148. The highest BCUT2D eigenvalue weighted by molar-refractivity contribution is 6.47. The molecule has 2 aromatic rings. The summed E-state index contributed by atoms with van der Waals surface area (Å²) in [7, 11) is -1.78. The molecule has 0 aliphatic carbocycles. The van der Waals surface area contributed by atoms with Crippen LogP contribution in [0.3, 0.4) is 0 Å². The number of imide groups is 1. The standard InChI is InChI=1S/C24H22BClFN5O10/c1-2-31-6-7-32(21(35)20(31)34)24(40)30-16(15-13(27)9-12(23(38)39)18(26)29-15)19(33)28-14-8-10-4-3-5-11(22(36)37)17(10)42-25(14)41/h3-5,9,14,16,41H,2,6-8H2,1H3,(H,28,33)(H,30,40)(H,36,37)(H,38,39)/t14?,16-/m0/s1. The lowest BCUT2D eigenvalue weighted by molar-refractivity contribution is -0.153. The Kier molecular flexibility index (Phi) is 8.63. The number of carbonyl (C=O) groups is 6. The van der Waals surface area contributed by atoms with E-state index in [0.29, 0.717) is 16.5 Å². The van der Waals surface area contributed by atoms with Gasteiger partial charge in [-0.05, 0) is 31.0 Å². The molecule has 1 saturated heterocycles. The number of likely N-dealkylation sites (N-methyl/N-ethyl adjacent to an activating group) is 1. The second kappa shape index (κ2) is 12.0. The van der Waals surface area contributed by atoms with E-state index in [4.69, 9.17) is 16.3 Å². The number of hydrogen-bond donors (Lipinski definition) is 5. The van der Waals surface area contributed by atoms with E-state index in [1.54, 1.807) is 6.92 Å². The molecule has 2 atom stereocenters. The lowest BCUT2D eigenvalue weighted by Gasteiger charge is -2.33. The molecule has 0 spiro atoms. The lowest BCUT2D eigenvalue weighted by Crippen LogP contribution is -2.60. The first kappa shape index (κ1) is 30.2. The minimum absolute atomic E-state index is 0.000446. The number of nitrogens with one attached hydrogen (secondary N) is 2. The van der Waals surface area contributed by atoms with Crippen LogP contribution in [0.25, 0.3) is 0 Å². The van der Waals surface area contributed by atoms with Crippen molar-refractivity contribution < 1.29 is 53.0 Å². The van der Waals surface area contributed by atoms with Gasteiger partial charge in [-0.2, -0.15) is 0 Å². The number of fused-ring (bicyclic) bond motifs is 1. The van der Waals surface area contributed by atoms with Gasteiger partial charge in [-0.3, -0.25) is 19.3 Å². The number of halogens is 2. The number of rotatable bonds is 7. The summed E-state index contributed by atoms with van der Waals surface area (Å²) >= 11 is 5.89. The van der Waals surface area contributed by atoms with Crippen molar-refractivity contribution in [3.8, 4) is 5.75 Å². The van der Waals surface area contributed by atoms with Crippen LogP contribution in [0.1, 0.15) is 44.9 Å². The van der Waals surface area contributed by atoms with E-state index in [2.05, 4.69) is 15.6 Å². The third-order valence-corrected chi connectivity index (χ3v) is 6.89. The van der Waals surface area contributed by atoms with Crippen molar-refractivity contribution in [2.45, 2.75) is 25.3 Å². The molecule has 0 bridgehead atoms. The topological polar surface area (TPSA) is 216 Å². The number of nitrogens with zero attached hydrogens (tertiary/aromatic N) is 3. The fraction of sp³-hybridized carbons (Fsp3) is 0.292. The van der Waals surface area contributed by atoms with Gasteiger partial charge >= 0.3 is 36.9 Å². The average molecular weight is 606 g/mol. The van der Waals surface area contributed by atoms with Gasteiger partial charge in [-0.15, -0.1) is 0 Å². The third kappa shape index (κ3) is 5.82. The van der Waals surface area contributed by atoms with E-state index in [1.165, 1.54) is 23.1 Å². The van der Waals surface area contributed by atoms with Crippen molar-refractivity contribution in [2.75, 3.05) is 19.6 Å². The summed E-state index contributed by atoms with van der Waals surface area (Å²) in [5.41, 5.74) is -1.49. The van der Waals surface area contributed by atoms with Gasteiger partial charge in [0.25, 0.3) is 0 Å². The largest absolute Gasteiger partial charge is 0.547 e. The molecule has 1 aromatic heterocycles. The van der Waals surface area contributed by atoms with Crippen LogP contribution in [0.2, 0.25) is 5.15 Å². The van der Waals surface area contributed by atoms with Crippen LogP contribution in [-0.2, 0) is 20.8 Å². The molecular formula is C24H22BClFN5O10. The Morgan fingerprint density at radius 3 is 2.50 bits per heavy atom. The number of carboxylic acids is 2. The minimum Gasteiger partial charge on any atom is -0.534 e. The Labute approximate surface area is 241 Å². The van der Waals surface area contributed by atoms with Crippen LogP contribution < -0.4 is 15.3 Å². The van der Waals surface area contributed by atoms with E-state index in [9.17, 15) is 44.0 Å². The number of aromatic nitrogens is 1. The zero-order valence-electron chi connectivity index (χ0n) is 21.7. The SMILES string of the molecule is CCN1CCN(C(=O)N[C@H](C(=O)NC2Cc3cccc(C(=O)O)c3OB2O)c2nc(Cl)c(C(=O)O)cc2F)C(=O)C1=O. The van der Waals surface area contributed by atoms with E-state index in [1.807, 2.05) is 0 Å². The maximum absolute atomic E-state index is 15.1. The van der Waals surface area contributed by atoms with E-state index >= 15 is 4.39 Å². The van der Waals surface area contributed by atoms with Gasteiger partial charge in [0.1, 0.15) is 22.4 Å². The molecule has 1 aromatic carbocycles. The van der Waals surface area contributed by atoms with Crippen molar-refractivity contribution in [1.82, 2.24) is 25.4 Å². The predicted molar refractivity (Wildman–Crippen MR) is 139 cm³/mol. The first-order valence-electron chi connectivity index (χ1n) is 12.3. The Morgan fingerprint density at radius 2 is 1.86 bits per heavy atom. The summed E-state index contributed by atoms with van der Waals surface area (Å²) in [5, 5.41) is 32.9. The molecule has 220 valence electrons. The molecule has 0 saturated carbocycles. The average Bonchev–Trinajstić information content (AvgIpc) is 2.94. The summed E-state index contributed by atoms with van der Waals surface area (Å²) in [6, 6.07) is 1.34. The predicted octanol–water partition coefficient (Wildman–Crippen LogP) is -0.148. The Hall–Kier alpha value is -4.77. The Balaban J connectivity index is 1.64.